The fraction of sp³-hybridized carbons (Fsp3) is 0.440. The maximum Gasteiger partial charge on any atom is 0.354 e. The van der Waals surface area contributed by atoms with Crippen LogP contribution in [0.5, 0.6) is 5.75 Å². The van der Waals surface area contributed by atoms with E-state index in [4.69, 9.17) is 19.9 Å². The van der Waals surface area contributed by atoms with Gasteiger partial charge >= 0.3 is 5.97 Å². The van der Waals surface area contributed by atoms with Crippen molar-refractivity contribution < 1.29 is 23.8 Å². The van der Waals surface area contributed by atoms with E-state index in [9.17, 15) is 9.59 Å². The number of thiophene rings is 1. The molecule has 176 valence electrons. The van der Waals surface area contributed by atoms with Crippen LogP contribution in [0.3, 0.4) is 0 Å². The van der Waals surface area contributed by atoms with E-state index in [0.717, 1.165) is 27.3 Å². The van der Waals surface area contributed by atoms with E-state index in [0.29, 0.717) is 25.3 Å². The van der Waals surface area contributed by atoms with Crippen LogP contribution in [0.25, 0.3) is 0 Å². The van der Waals surface area contributed by atoms with Crippen molar-refractivity contribution in [1.29, 1.82) is 0 Å². The number of fused-ring (bicyclic) bond motifs is 3. The zero-order valence-electron chi connectivity index (χ0n) is 19.6. The number of amides is 1. The molecule has 33 heavy (non-hydrogen) atoms. The third-order valence-corrected chi connectivity index (χ3v) is 7.14. The Morgan fingerprint density at radius 3 is 2.61 bits per heavy atom. The minimum atomic E-state index is -1.20. The van der Waals surface area contributed by atoms with E-state index < -0.39 is 28.9 Å². The van der Waals surface area contributed by atoms with Gasteiger partial charge in [-0.3, -0.25) is 4.79 Å². The number of nitrogens with zero attached hydrogens (tertiary/aromatic N) is 1. The predicted molar refractivity (Wildman–Crippen MR) is 126 cm³/mol. The lowest BCUT2D eigenvalue weighted by atomic mass is 9.73. The molecule has 0 saturated carbocycles. The molecule has 7 nitrogen and oxygen atoms in total. The molecule has 1 aromatic heterocycles. The number of methoxy groups -OCH3 is 2. The van der Waals surface area contributed by atoms with Gasteiger partial charge in [0.25, 0.3) is 0 Å². The second kappa shape index (κ2) is 8.50. The van der Waals surface area contributed by atoms with Gasteiger partial charge in [0, 0.05) is 24.1 Å². The monoisotopic (exact) mass is 470 g/mol. The first-order valence-electron chi connectivity index (χ1n) is 10.9. The van der Waals surface area contributed by atoms with Crippen molar-refractivity contribution in [1.82, 2.24) is 4.90 Å². The molecule has 8 heteroatoms. The van der Waals surface area contributed by atoms with Gasteiger partial charge in [0.2, 0.25) is 5.91 Å². The quantitative estimate of drug-likeness (QED) is 0.650. The normalized spacial score (nSPS) is 21.8. The summed E-state index contributed by atoms with van der Waals surface area (Å²) < 4.78 is 16.7. The second-order valence-electron chi connectivity index (χ2n) is 9.38. The summed E-state index contributed by atoms with van der Waals surface area (Å²) in [5.41, 5.74) is 7.51. The summed E-state index contributed by atoms with van der Waals surface area (Å²) in [6.45, 7) is 6.39. The predicted octanol–water partition coefficient (Wildman–Crippen LogP) is 3.46. The number of rotatable bonds is 6. The van der Waals surface area contributed by atoms with E-state index in [-0.39, 0.29) is 0 Å². The lowest BCUT2D eigenvalue weighted by Crippen LogP contribution is -2.48. The molecule has 0 saturated heterocycles. The highest BCUT2D eigenvalue weighted by molar-refractivity contribution is 7.10. The Bertz CT molecular complexity index is 1100. The fourth-order valence-corrected chi connectivity index (χ4v) is 5.76. The van der Waals surface area contributed by atoms with Gasteiger partial charge in [0.05, 0.1) is 19.8 Å². The number of primary amides is 1. The van der Waals surface area contributed by atoms with E-state index in [1.54, 1.807) is 20.3 Å². The van der Waals surface area contributed by atoms with E-state index >= 15 is 0 Å². The molecule has 0 spiro atoms. The van der Waals surface area contributed by atoms with Crippen molar-refractivity contribution in [3.8, 4) is 5.75 Å². The van der Waals surface area contributed by atoms with Gasteiger partial charge in [-0.2, -0.15) is 0 Å². The molecule has 2 aliphatic rings. The second-order valence-corrected chi connectivity index (χ2v) is 10.3. The van der Waals surface area contributed by atoms with Gasteiger partial charge in [-0.25, -0.2) is 4.79 Å². The Kier molecular flexibility index (Phi) is 6.01. The summed E-state index contributed by atoms with van der Waals surface area (Å²) in [4.78, 5) is 29.3. The molecule has 2 aliphatic heterocycles. The van der Waals surface area contributed by atoms with Crippen LogP contribution in [0.15, 0.2) is 41.4 Å². The number of ether oxygens (including phenoxy) is 3. The molecule has 0 radical (unpaired) electrons. The third kappa shape index (κ3) is 3.91. The van der Waals surface area contributed by atoms with Gasteiger partial charge in [-0.15, -0.1) is 11.3 Å². The topological polar surface area (TPSA) is 91.1 Å². The summed E-state index contributed by atoms with van der Waals surface area (Å²) >= 11 is 1.45. The number of carbonyl (C=O) groups is 2. The van der Waals surface area contributed by atoms with E-state index in [1.165, 1.54) is 11.3 Å². The smallest absolute Gasteiger partial charge is 0.354 e. The standard InChI is InChI=1S/C25H30N2O5S/c1-24(2,3)32-22(28)18-13-25(23(26)29,20-7-6-10-33-20)21-17-11-16(14-30-4)19(31-5)12-15(17)8-9-27(18)21/h6-7,10-13,21H,8-9,14H2,1-5H3,(H2,26,29). The van der Waals surface area contributed by atoms with Gasteiger partial charge in [0.1, 0.15) is 22.5 Å². The maximum atomic E-state index is 13.3. The highest BCUT2D eigenvalue weighted by Gasteiger charge is 2.57. The molecule has 4 rings (SSSR count). The number of hydrogen-bond acceptors (Lipinski definition) is 7. The Morgan fingerprint density at radius 1 is 1.27 bits per heavy atom. The highest BCUT2D eigenvalue weighted by atomic mass is 32.1. The van der Waals surface area contributed by atoms with Crippen LogP contribution in [-0.4, -0.2) is 43.1 Å². The van der Waals surface area contributed by atoms with Crippen LogP contribution in [0.4, 0.5) is 0 Å². The van der Waals surface area contributed by atoms with Crippen LogP contribution in [0.2, 0.25) is 0 Å². The zero-order chi connectivity index (χ0) is 24.0. The average molecular weight is 471 g/mol. The summed E-state index contributed by atoms with van der Waals surface area (Å²) in [6, 6.07) is 7.35. The van der Waals surface area contributed by atoms with Crippen LogP contribution in [0.1, 0.15) is 48.4 Å². The number of benzene rings is 1. The molecule has 2 atom stereocenters. The number of carbonyl (C=O) groups excluding carboxylic acids is 2. The lowest BCUT2D eigenvalue weighted by Gasteiger charge is -2.42. The van der Waals surface area contributed by atoms with Gasteiger partial charge < -0.3 is 24.8 Å². The number of hydrogen-bond donors (Lipinski definition) is 1. The molecule has 2 aromatic rings. The van der Waals surface area contributed by atoms with Crippen molar-refractivity contribution in [3.63, 3.8) is 0 Å². The molecule has 1 amide bonds. The molecule has 1 aromatic carbocycles. The van der Waals surface area contributed by atoms with E-state index in [1.807, 2.05) is 55.3 Å². The minimum Gasteiger partial charge on any atom is -0.496 e. The highest BCUT2D eigenvalue weighted by Crippen LogP contribution is 2.54. The Labute approximate surface area is 198 Å². The first-order chi connectivity index (χ1) is 15.6. The molecular formula is C25H30N2O5S. The van der Waals surface area contributed by atoms with Crippen molar-refractivity contribution in [2.45, 2.75) is 50.9 Å². The molecule has 2 unspecified atom stereocenters. The van der Waals surface area contributed by atoms with Crippen LogP contribution >= 0.6 is 11.3 Å². The Morgan fingerprint density at radius 2 is 2.03 bits per heavy atom. The summed E-state index contributed by atoms with van der Waals surface area (Å²) in [5.74, 6) is -0.222. The zero-order valence-corrected chi connectivity index (χ0v) is 20.5. The van der Waals surface area contributed by atoms with Gasteiger partial charge in [0.15, 0.2) is 0 Å². The molecular weight excluding hydrogens is 440 g/mol. The van der Waals surface area contributed by atoms with E-state index in [2.05, 4.69) is 0 Å². The Hall–Kier alpha value is -2.84. The molecule has 0 bridgehead atoms. The molecule has 0 aliphatic carbocycles. The summed E-state index contributed by atoms with van der Waals surface area (Å²) in [5, 5.41) is 1.91. The first kappa shape index (κ1) is 23.3. The first-order valence-corrected chi connectivity index (χ1v) is 11.8. The molecule has 0 fully saturated rings. The Balaban J connectivity index is 1.94. The number of nitrogens with two attached hydrogens (primary N) is 1. The van der Waals surface area contributed by atoms with Crippen molar-refractivity contribution >= 4 is 23.2 Å². The largest absolute Gasteiger partial charge is 0.496 e. The fourth-order valence-electron chi connectivity index (χ4n) is 4.83. The van der Waals surface area contributed by atoms with Crippen molar-refractivity contribution in [2.24, 2.45) is 5.73 Å². The molecule has 3 heterocycles. The van der Waals surface area contributed by atoms with Crippen LogP contribution in [-0.2, 0) is 37.5 Å². The third-order valence-electron chi connectivity index (χ3n) is 6.12. The SMILES string of the molecule is COCc1cc2c(cc1OC)CCN1C(C(=O)OC(C)(C)C)=CC(C(N)=O)(c3cccs3)C21. The van der Waals surface area contributed by atoms with Crippen LogP contribution < -0.4 is 10.5 Å². The summed E-state index contributed by atoms with van der Waals surface area (Å²) in [7, 11) is 3.26. The lowest BCUT2D eigenvalue weighted by molar-refractivity contribution is -0.152. The number of esters is 1. The van der Waals surface area contributed by atoms with Crippen LogP contribution in [0, 0.1) is 0 Å². The molecule has 2 N–H and O–H groups in total. The average Bonchev–Trinajstić information content (AvgIpc) is 3.39. The van der Waals surface area contributed by atoms with Crippen molar-refractivity contribution in [3.05, 3.63) is 63.0 Å². The maximum absolute atomic E-state index is 13.3. The van der Waals surface area contributed by atoms with Gasteiger partial charge in [-0.1, -0.05) is 6.07 Å². The summed E-state index contributed by atoms with van der Waals surface area (Å²) in [6.07, 6.45) is 2.41. The van der Waals surface area contributed by atoms with Gasteiger partial charge in [-0.05, 0) is 68.0 Å². The van der Waals surface area contributed by atoms with Crippen molar-refractivity contribution in [2.75, 3.05) is 20.8 Å². The minimum absolute atomic E-state index is 0.359.